The summed E-state index contributed by atoms with van der Waals surface area (Å²) in [4.78, 5) is 4.41. The van der Waals surface area contributed by atoms with Crippen molar-refractivity contribution in [1.29, 1.82) is 0 Å². The van der Waals surface area contributed by atoms with Crippen molar-refractivity contribution in [3.63, 3.8) is 0 Å². The van der Waals surface area contributed by atoms with Crippen LogP contribution in [0.4, 0.5) is 0 Å². The van der Waals surface area contributed by atoms with Gasteiger partial charge in [0.2, 0.25) is 0 Å². The molecule has 3 heteroatoms. The monoisotopic (exact) mass is 391 g/mol. The van der Waals surface area contributed by atoms with Crippen LogP contribution in [-0.2, 0) is 0 Å². The van der Waals surface area contributed by atoms with Gasteiger partial charge in [-0.15, -0.1) is 0 Å². The first-order valence-electron chi connectivity index (χ1n) is 10.1. The van der Waals surface area contributed by atoms with E-state index < -0.39 is 8.07 Å². The van der Waals surface area contributed by atoms with Crippen molar-refractivity contribution in [3.8, 4) is 33.4 Å². The smallest absolute Gasteiger partial charge is 0.142 e. The molecule has 2 heterocycles. The minimum absolute atomic E-state index is 0.985. The molecule has 0 bridgehead atoms. The zero-order chi connectivity index (χ0) is 19.8. The van der Waals surface area contributed by atoms with Crippen LogP contribution in [0.15, 0.2) is 77.7 Å². The van der Waals surface area contributed by atoms with Gasteiger partial charge in [-0.25, -0.2) is 0 Å². The molecule has 0 atom stereocenters. The number of aromatic nitrogens is 1. The Morgan fingerprint density at radius 1 is 0.828 bits per heavy atom. The number of hydrogen-bond donors (Lipinski definition) is 0. The first-order chi connectivity index (χ1) is 14.0. The predicted octanol–water partition coefficient (Wildman–Crippen LogP) is 6.84. The van der Waals surface area contributed by atoms with Gasteiger partial charge >= 0.3 is 0 Å². The summed E-state index contributed by atoms with van der Waals surface area (Å²) in [6.07, 6.45) is 5.78. The maximum absolute atomic E-state index is 6.29. The average Bonchev–Trinajstić information content (AvgIpc) is 3.29. The standard InChI is InChI=1S/C26H21NOSi/c1-29(2,3)22-15-28-26-21(22)13-20-18-10-4-7-16-8-5-11-19(23(16)18)25(20)24(26)17-9-6-12-27-14-17/h4-15H,1-3H3. The average molecular weight is 392 g/mol. The van der Waals surface area contributed by atoms with Crippen LogP contribution in [0.25, 0.3) is 55.1 Å². The largest absolute Gasteiger partial charge is 0.464 e. The second-order valence-electron chi connectivity index (χ2n) is 8.90. The molecule has 0 saturated carbocycles. The molecule has 0 spiro atoms. The molecule has 0 N–H and O–H groups in total. The number of fused-ring (bicyclic) bond motifs is 4. The highest BCUT2D eigenvalue weighted by Crippen LogP contribution is 2.53. The lowest BCUT2D eigenvalue weighted by atomic mass is 9.92. The van der Waals surface area contributed by atoms with Crippen molar-refractivity contribution in [1.82, 2.24) is 4.98 Å². The number of rotatable bonds is 2. The van der Waals surface area contributed by atoms with E-state index in [0.29, 0.717) is 0 Å². The summed E-state index contributed by atoms with van der Waals surface area (Å²) in [6, 6.07) is 19.7. The minimum atomic E-state index is -1.55. The molecule has 0 fully saturated rings. The van der Waals surface area contributed by atoms with Crippen LogP contribution in [0.5, 0.6) is 0 Å². The van der Waals surface area contributed by atoms with Crippen LogP contribution in [0.3, 0.4) is 0 Å². The van der Waals surface area contributed by atoms with E-state index in [2.05, 4.69) is 73.2 Å². The molecule has 2 aromatic heterocycles. The Morgan fingerprint density at radius 3 is 2.34 bits per heavy atom. The maximum Gasteiger partial charge on any atom is 0.142 e. The molecule has 29 heavy (non-hydrogen) atoms. The molecule has 140 valence electrons. The van der Waals surface area contributed by atoms with Crippen molar-refractivity contribution in [2.45, 2.75) is 19.6 Å². The van der Waals surface area contributed by atoms with Crippen molar-refractivity contribution < 1.29 is 4.42 Å². The Bertz CT molecular complexity index is 1420. The van der Waals surface area contributed by atoms with E-state index in [9.17, 15) is 0 Å². The van der Waals surface area contributed by atoms with Crippen LogP contribution in [0.1, 0.15) is 0 Å². The van der Waals surface area contributed by atoms with E-state index in [-0.39, 0.29) is 0 Å². The summed E-state index contributed by atoms with van der Waals surface area (Å²) in [5, 5.41) is 5.27. The van der Waals surface area contributed by atoms with Crippen LogP contribution >= 0.6 is 0 Å². The quantitative estimate of drug-likeness (QED) is 0.302. The van der Waals surface area contributed by atoms with E-state index in [1.54, 1.807) is 0 Å². The van der Waals surface area contributed by atoms with Gasteiger partial charge in [0, 0.05) is 34.5 Å². The van der Waals surface area contributed by atoms with Crippen molar-refractivity contribution >= 4 is 35.0 Å². The molecule has 6 rings (SSSR count). The molecule has 0 amide bonds. The maximum atomic E-state index is 6.29. The zero-order valence-electron chi connectivity index (χ0n) is 16.8. The first kappa shape index (κ1) is 16.8. The Balaban J connectivity index is 1.84. The van der Waals surface area contributed by atoms with Crippen LogP contribution in [0.2, 0.25) is 19.6 Å². The molecule has 5 aromatic rings. The topological polar surface area (TPSA) is 26.0 Å². The van der Waals surface area contributed by atoms with Gasteiger partial charge in [0.05, 0.1) is 14.3 Å². The van der Waals surface area contributed by atoms with Crippen molar-refractivity contribution in [2.24, 2.45) is 0 Å². The molecular weight excluding hydrogens is 370 g/mol. The van der Waals surface area contributed by atoms with Gasteiger partial charge in [-0.05, 0) is 44.8 Å². The highest BCUT2D eigenvalue weighted by atomic mass is 28.3. The van der Waals surface area contributed by atoms with Gasteiger partial charge in [-0.1, -0.05) is 62.1 Å². The summed E-state index contributed by atoms with van der Waals surface area (Å²) in [5.74, 6) is 0. The molecule has 0 unspecified atom stereocenters. The fourth-order valence-corrected chi connectivity index (χ4v) is 6.21. The number of benzene rings is 3. The normalized spacial score (nSPS) is 12.7. The molecular formula is C26H21NOSi. The number of hydrogen-bond acceptors (Lipinski definition) is 2. The fraction of sp³-hybridized carbons (Fsp3) is 0.115. The lowest BCUT2D eigenvalue weighted by Gasteiger charge is -2.16. The lowest BCUT2D eigenvalue weighted by molar-refractivity contribution is 0.619. The summed E-state index contributed by atoms with van der Waals surface area (Å²) in [6.45, 7) is 7.14. The number of nitrogens with zero attached hydrogens (tertiary/aromatic N) is 1. The van der Waals surface area contributed by atoms with E-state index in [1.165, 1.54) is 49.2 Å². The van der Waals surface area contributed by atoms with Crippen LogP contribution in [-0.4, -0.2) is 13.1 Å². The Kier molecular flexibility index (Phi) is 3.28. The SMILES string of the molecule is C[Si](C)(C)c1coc2c(-c3cccnc3)c3c(cc12)-c1cccc2cccc-3c12. The summed E-state index contributed by atoms with van der Waals surface area (Å²) < 4.78 is 6.29. The third kappa shape index (κ3) is 2.25. The van der Waals surface area contributed by atoms with E-state index in [1.807, 2.05) is 24.7 Å². The third-order valence-electron chi connectivity index (χ3n) is 6.09. The highest BCUT2D eigenvalue weighted by Gasteiger charge is 2.30. The molecule has 0 aliphatic heterocycles. The van der Waals surface area contributed by atoms with Gasteiger partial charge in [0.15, 0.2) is 0 Å². The second kappa shape index (κ2) is 5.68. The Morgan fingerprint density at radius 2 is 1.62 bits per heavy atom. The Labute approximate surface area is 170 Å². The predicted molar refractivity (Wildman–Crippen MR) is 124 cm³/mol. The molecule has 0 radical (unpaired) electrons. The number of furan rings is 1. The lowest BCUT2D eigenvalue weighted by Crippen LogP contribution is -2.36. The molecule has 2 nitrogen and oxygen atoms in total. The molecule has 3 aromatic carbocycles. The van der Waals surface area contributed by atoms with Gasteiger partial charge in [-0.2, -0.15) is 0 Å². The Hall–Kier alpha value is -3.17. The van der Waals surface area contributed by atoms with Crippen LogP contribution < -0.4 is 5.19 Å². The van der Waals surface area contributed by atoms with Crippen LogP contribution in [0, 0.1) is 0 Å². The fourth-order valence-electron chi connectivity index (χ4n) is 4.80. The summed E-state index contributed by atoms with van der Waals surface area (Å²) in [7, 11) is -1.55. The second-order valence-corrected chi connectivity index (χ2v) is 13.9. The van der Waals surface area contributed by atoms with Gasteiger partial charge < -0.3 is 4.42 Å². The number of pyridine rings is 1. The van der Waals surface area contributed by atoms with Gasteiger partial charge in [-0.3, -0.25) is 4.98 Å². The van der Waals surface area contributed by atoms with Gasteiger partial charge in [0.1, 0.15) is 5.58 Å². The third-order valence-corrected chi connectivity index (χ3v) is 8.09. The summed E-state index contributed by atoms with van der Waals surface area (Å²) >= 11 is 0. The van der Waals surface area contributed by atoms with E-state index in [4.69, 9.17) is 4.42 Å². The van der Waals surface area contributed by atoms with Crippen molar-refractivity contribution in [3.05, 3.63) is 73.3 Å². The highest BCUT2D eigenvalue weighted by molar-refractivity contribution is 6.90. The van der Waals surface area contributed by atoms with Gasteiger partial charge in [0.25, 0.3) is 0 Å². The zero-order valence-corrected chi connectivity index (χ0v) is 17.8. The minimum Gasteiger partial charge on any atom is -0.464 e. The van der Waals surface area contributed by atoms with E-state index >= 15 is 0 Å². The summed E-state index contributed by atoms with van der Waals surface area (Å²) in [5.41, 5.74) is 8.45. The van der Waals surface area contributed by atoms with Crippen molar-refractivity contribution in [2.75, 3.05) is 0 Å². The molecule has 1 aliphatic rings. The molecule has 0 saturated heterocycles. The first-order valence-corrected chi connectivity index (χ1v) is 13.6. The van der Waals surface area contributed by atoms with E-state index in [0.717, 1.165) is 11.1 Å². The molecule has 1 aliphatic carbocycles.